The lowest BCUT2D eigenvalue weighted by Crippen LogP contribution is -2.53. The van der Waals surface area contributed by atoms with Crippen molar-refractivity contribution in [1.29, 1.82) is 0 Å². The Hall–Kier alpha value is -1.39. The highest BCUT2D eigenvalue weighted by molar-refractivity contribution is 5.88. The highest BCUT2D eigenvalue weighted by Gasteiger charge is 2.44. The van der Waals surface area contributed by atoms with E-state index in [1.807, 2.05) is 0 Å². The van der Waals surface area contributed by atoms with Gasteiger partial charge in [0.1, 0.15) is 0 Å². The van der Waals surface area contributed by atoms with Crippen molar-refractivity contribution in [2.45, 2.75) is 50.4 Å². The highest BCUT2D eigenvalue weighted by Crippen LogP contribution is 2.41. The molecule has 3 aliphatic rings. The van der Waals surface area contributed by atoms with E-state index >= 15 is 0 Å². The molecular weight excluding hydrogens is 346 g/mol. The molecule has 0 N–H and O–H groups in total. The maximum absolute atomic E-state index is 13.9. The van der Waals surface area contributed by atoms with E-state index in [0.29, 0.717) is 11.8 Å². The van der Waals surface area contributed by atoms with E-state index in [-0.39, 0.29) is 5.41 Å². The summed E-state index contributed by atoms with van der Waals surface area (Å²) in [6.07, 6.45) is 8.11. The summed E-state index contributed by atoms with van der Waals surface area (Å²) in [4.78, 5) is 21.1. The fraction of sp³-hybridized carbons (Fsp3) is 0.708. The monoisotopic (exact) mass is 383 g/mol. The molecule has 0 spiro atoms. The Morgan fingerprint density at radius 1 is 0.964 bits per heavy atom. The average Bonchev–Trinajstić information content (AvgIpc) is 2.76. The Kier molecular flexibility index (Phi) is 6.37. The fourth-order valence-electron chi connectivity index (χ4n) is 5.64. The van der Waals surface area contributed by atoms with Gasteiger partial charge in [0.15, 0.2) is 0 Å². The molecule has 1 saturated carbocycles. The molecule has 2 heterocycles. The fourth-order valence-corrected chi connectivity index (χ4v) is 5.64. The van der Waals surface area contributed by atoms with E-state index in [1.165, 1.54) is 57.4 Å². The number of likely N-dealkylation sites (tertiary alicyclic amines) is 1. The minimum absolute atomic E-state index is 0.269. The number of carbonyl (C=O) groups excluding carboxylic acids is 1. The Labute approximate surface area is 170 Å². The SMILES string of the molecule is CN1CCN(CC2CCCN(C(=O)C3(c4ccccc4)CCCCC3)C2)CC1. The maximum Gasteiger partial charge on any atom is 0.233 e. The van der Waals surface area contributed by atoms with Gasteiger partial charge in [0, 0.05) is 45.8 Å². The standard InChI is InChI=1S/C24H37N3O/c1-25-15-17-26(18-16-25)19-21-9-8-14-27(20-21)23(28)24(12-6-3-7-13-24)22-10-4-2-5-11-22/h2,4-5,10-11,21H,3,6-9,12-20H2,1H3. The highest BCUT2D eigenvalue weighted by atomic mass is 16.2. The second kappa shape index (κ2) is 8.96. The molecule has 1 unspecified atom stereocenters. The zero-order chi connectivity index (χ0) is 19.4. The summed E-state index contributed by atoms with van der Waals surface area (Å²) in [7, 11) is 2.21. The summed E-state index contributed by atoms with van der Waals surface area (Å²) in [5.74, 6) is 1.05. The quantitative estimate of drug-likeness (QED) is 0.798. The molecule has 0 bridgehead atoms. The summed E-state index contributed by atoms with van der Waals surface area (Å²) in [6, 6.07) is 10.7. The van der Waals surface area contributed by atoms with Crippen molar-refractivity contribution in [3.63, 3.8) is 0 Å². The number of carbonyl (C=O) groups is 1. The van der Waals surface area contributed by atoms with E-state index in [2.05, 4.69) is 52.1 Å². The summed E-state index contributed by atoms with van der Waals surface area (Å²) in [5.41, 5.74) is 0.982. The normalized spacial score (nSPS) is 26.9. The zero-order valence-electron chi connectivity index (χ0n) is 17.6. The summed E-state index contributed by atoms with van der Waals surface area (Å²) >= 11 is 0. The molecule has 4 heteroatoms. The molecule has 1 aliphatic carbocycles. The Morgan fingerprint density at radius 2 is 1.68 bits per heavy atom. The van der Waals surface area contributed by atoms with Gasteiger partial charge in [-0.1, -0.05) is 49.6 Å². The molecule has 2 saturated heterocycles. The van der Waals surface area contributed by atoms with E-state index in [9.17, 15) is 4.79 Å². The lowest BCUT2D eigenvalue weighted by molar-refractivity contribution is -0.141. The first-order chi connectivity index (χ1) is 13.7. The predicted molar refractivity (Wildman–Crippen MR) is 114 cm³/mol. The number of hydrogen-bond acceptors (Lipinski definition) is 3. The number of hydrogen-bond donors (Lipinski definition) is 0. The van der Waals surface area contributed by atoms with Crippen molar-refractivity contribution in [3.05, 3.63) is 35.9 Å². The van der Waals surface area contributed by atoms with Crippen LogP contribution in [-0.4, -0.2) is 73.5 Å². The van der Waals surface area contributed by atoms with E-state index in [1.54, 1.807) is 0 Å². The van der Waals surface area contributed by atoms with Crippen LogP contribution in [0.2, 0.25) is 0 Å². The van der Waals surface area contributed by atoms with Crippen molar-refractivity contribution in [2.24, 2.45) is 5.92 Å². The van der Waals surface area contributed by atoms with Crippen molar-refractivity contribution >= 4 is 5.91 Å². The molecule has 0 radical (unpaired) electrons. The van der Waals surface area contributed by atoms with Crippen LogP contribution < -0.4 is 0 Å². The van der Waals surface area contributed by atoms with Crippen LogP contribution in [0, 0.1) is 5.92 Å². The molecule has 28 heavy (non-hydrogen) atoms. The lowest BCUT2D eigenvalue weighted by atomic mass is 9.68. The smallest absolute Gasteiger partial charge is 0.233 e. The number of amides is 1. The molecule has 1 atom stereocenters. The van der Waals surface area contributed by atoms with Gasteiger partial charge in [-0.15, -0.1) is 0 Å². The topological polar surface area (TPSA) is 26.8 Å². The van der Waals surface area contributed by atoms with Crippen molar-refractivity contribution in [3.8, 4) is 0 Å². The second-order valence-electron chi connectivity index (χ2n) is 9.37. The van der Waals surface area contributed by atoms with Crippen molar-refractivity contribution in [2.75, 3.05) is 52.9 Å². The summed E-state index contributed by atoms with van der Waals surface area (Å²) in [6.45, 7) is 7.77. The summed E-state index contributed by atoms with van der Waals surface area (Å²) in [5, 5.41) is 0. The van der Waals surface area contributed by atoms with Gasteiger partial charge in [0.05, 0.1) is 5.41 Å². The van der Waals surface area contributed by atoms with Crippen LogP contribution in [0.25, 0.3) is 0 Å². The van der Waals surface area contributed by atoms with Gasteiger partial charge in [-0.3, -0.25) is 4.79 Å². The van der Waals surface area contributed by atoms with Gasteiger partial charge in [0.2, 0.25) is 5.91 Å². The van der Waals surface area contributed by atoms with Gasteiger partial charge < -0.3 is 14.7 Å². The number of rotatable bonds is 4. The number of nitrogens with zero attached hydrogens (tertiary/aromatic N) is 3. The molecule has 4 nitrogen and oxygen atoms in total. The molecule has 0 aromatic heterocycles. The molecule has 4 rings (SSSR count). The molecule has 3 fully saturated rings. The van der Waals surface area contributed by atoms with Crippen LogP contribution in [0.5, 0.6) is 0 Å². The number of piperazine rings is 1. The van der Waals surface area contributed by atoms with Gasteiger partial charge in [-0.05, 0) is 44.2 Å². The first-order valence-electron chi connectivity index (χ1n) is 11.4. The zero-order valence-corrected chi connectivity index (χ0v) is 17.6. The molecule has 1 aromatic carbocycles. The Bertz CT molecular complexity index is 633. The molecule has 1 aromatic rings. The van der Waals surface area contributed by atoms with Gasteiger partial charge in [0.25, 0.3) is 0 Å². The van der Waals surface area contributed by atoms with Gasteiger partial charge >= 0.3 is 0 Å². The first kappa shape index (κ1) is 19.9. The predicted octanol–water partition coefficient (Wildman–Crippen LogP) is 3.37. The molecule has 1 amide bonds. The van der Waals surface area contributed by atoms with Gasteiger partial charge in [-0.25, -0.2) is 0 Å². The van der Waals surface area contributed by atoms with Crippen LogP contribution >= 0.6 is 0 Å². The molecule has 2 aliphatic heterocycles. The van der Waals surface area contributed by atoms with Gasteiger partial charge in [-0.2, -0.15) is 0 Å². The van der Waals surface area contributed by atoms with Crippen LogP contribution in [-0.2, 0) is 10.2 Å². The number of piperidine rings is 1. The maximum atomic E-state index is 13.9. The Morgan fingerprint density at radius 3 is 2.39 bits per heavy atom. The van der Waals surface area contributed by atoms with Crippen molar-refractivity contribution < 1.29 is 4.79 Å². The third kappa shape index (κ3) is 4.28. The van der Waals surface area contributed by atoms with Crippen molar-refractivity contribution in [1.82, 2.24) is 14.7 Å². The first-order valence-corrected chi connectivity index (χ1v) is 11.4. The largest absolute Gasteiger partial charge is 0.342 e. The third-order valence-corrected chi connectivity index (χ3v) is 7.36. The van der Waals surface area contributed by atoms with Crippen LogP contribution in [0.3, 0.4) is 0 Å². The Balaban J connectivity index is 1.45. The van der Waals surface area contributed by atoms with Crippen LogP contribution in [0.1, 0.15) is 50.5 Å². The average molecular weight is 384 g/mol. The third-order valence-electron chi connectivity index (χ3n) is 7.36. The minimum atomic E-state index is -0.269. The molecular formula is C24H37N3O. The molecule has 154 valence electrons. The van der Waals surface area contributed by atoms with E-state index < -0.39 is 0 Å². The number of likely N-dealkylation sites (N-methyl/N-ethyl adjacent to an activating group) is 1. The van der Waals surface area contributed by atoms with Crippen LogP contribution in [0.4, 0.5) is 0 Å². The number of benzene rings is 1. The summed E-state index contributed by atoms with van der Waals surface area (Å²) < 4.78 is 0. The van der Waals surface area contributed by atoms with E-state index in [0.717, 1.165) is 38.9 Å². The lowest BCUT2D eigenvalue weighted by Gasteiger charge is -2.44. The van der Waals surface area contributed by atoms with Crippen LogP contribution in [0.15, 0.2) is 30.3 Å². The second-order valence-corrected chi connectivity index (χ2v) is 9.37. The van der Waals surface area contributed by atoms with E-state index in [4.69, 9.17) is 0 Å². The minimum Gasteiger partial charge on any atom is -0.342 e.